The molecule has 3 N–H and O–H groups in total. The van der Waals surface area contributed by atoms with E-state index in [2.05, 4.69) is 10.3 Å². The molecule has 0 fully saturated rings. The number of anilines is 2. The smallest absolute Gasteiger partial charge is 0.239 e. The zero-order valence-electron chi connectivity index (χ0n) is 17.0. The fraction of sp³-hybridized carbons (Fsp3) is 0.0870. The van der Waals surface area contributed by atoms with Crippen molar-refractivity contribution in [1.29, 1.82) is 0 Å². The summed E-state index contributed by atoms with van der Waals surface area (Å²) >= 11 is 12.4. The molecular formula is C23H18Cl2N6O. The van der Waals surface area contributed by atoms with Crippen molar-refractivity contribution in [3.8, 4) is 11.7 Å². The maximum Gasteiger partial charge on any atom is 0.239 e. The van der Waals surface area contributed by atoms with E-state index in [0.717, 1.165) is 10.9 Å². The number of imidazole rings is 1. The number of ether oxygens (including phenoxy) is 1. The lowest BCUT2D eigenvalue weighted by molar-refractivity contribution is 0.419. The summed E-state index contributed by atoms with van der Waals surface area (Å²) in [6.07, 6.45) is 0. The molecule has 0 aliphatic rings. The van der Waals surface area contributed by atoms with Gasteiger partial charge >= 0.3 is 0 Å². The third-order valence-electron chi connectivity index (χ3n) is 5.12. The quantitative estimate of drug-likeness (QED) is 0.357. The van der Waals surface area contributed by atoms with Crippen LogP contribution in [0.4, 0.5) is 11.8 Å². The second kappa shape index (κ2) is 8.18. The zero-order chi connectivity index (χ0) is 22.2. The molecule has 5 aromatic rings. The SMILES string of the molecule is COc1cccc2c(NCc3ccccc3)nc(-n3c(N)nc4cc(Cl)c(Cl)cc43)nc12. The van der Waals surface area contributed by atoms with Crippen LogP contribution in [0.2, 0.25) is 10.0 Å². The Labute approximate surface area is 193 Å². The Bertz CT molecular complexity index is 1450. The number of hydrogen-bond acceptors (Lipinski definition) is 6. The molecule has 0 radical (unpaired) electrons. The average molecular weight is 465 g/mol. The summed E-state index contributed by atoms with van der Waals surface area (Å²) in [6, 6.07) is 19.1. The van der Waals surface area contributed by atoms with Crippen molar-refractivity contribution in [3.05, 3.63) is 76.3 Å². The molecule has 5 rings (SSSR count). The molecule has 3 aromatic carbocycles. The molecule has 0 aliphatic carbocycles. The van der Waals surface area contributed by atoms with E-state index in [4.69, 9.17) is 43.6 Å². The Hall–Kier alpha value is -3.55. The Morgan fingerprint density at radius 2 is 1.75 bits per heavy atom. The highest BCUT2D eigenvalue weighted by molar-refractivity contribution is 6.42. The second-order valence-electron chi connectivity index (χ2n) is 7.13. The summed E-state index contributed by atoms with van der Waals surface area (Å²) in [6.45, 7) is 0.588. The van der Waals surface area contributed by atoms with Crippen LogP contribution in [0.15, 0.2) is 60.7 Å². The van der Waals surface area contributed by atoms with E-state index in [-0.39, 0.29) is 5.95 Å². The predicted molar refractivity (Wildman–Crippen MR) is 129 cm³/mol. The lowest BCUT2D eigenvalue weighted by Crippen LogP contribution is -2.10. The van der Waals surface area contributed by atoms with Crippen molar-refractivity contribution >= 4 is 56.9 Å². The minimum absolute atomic E-state index is 0.224. The number of para-hydroxylation sites is 1. The van der Waals surface area contributed by atoms with E-state index < -0.39 is 0 Å². The van der Waals surface area contributed by atoms with E-state index >= 15 is 0 Å². The van der Waals surface area contributed by atoms with Gasteiger partial charge in [0.05, 0.1) is 28.2 Å². The molecule has 0 unspecified atom stereocenters. The molecule has 0 saturated heterocycles. The molecule has 7 nitrogen and oxygen atoms in total. The minimum atomic E-state index is 0.224. The molecule has 0 saturated carbocycles. The third kappa shape index (κ3) is 3.55. The number of methoxy groups -OCH3 is 1. The second-order valence-corrected chi connectivity index (χ2v) is 7.94. The van der Waals surface area contributed by atoms with Gasteiger partial charge in [-0.3, -0.25) is 0 Å². The van der Waals surface area contributed by atoms with Gasteiger partial charge in [0.25, 0.3) is 0 Å². The molecule has 0 amide bonds. The fourth-order valence-corrected chi connectivity index (χ4v) is 3.91. The maximum atomic E-state index is 6.26. The number of aromatic nitrogens is 4. The summed E-state index contributed by atoms with van der Waals surface area (Å²) in [7, 11) is 1.61. The van der Waals surface area contributed by atoms with E-state index in [1.807, 2.05) is 48.5 Å². The number of halogens is 2. The summed E-state index contributed by atoms with van der Waals surface area (Å²) in [4.78, 5) is 13.9. The molecule has 2 aromatic heterocycles. The largest absolute Gasteiger partial charge is 0.494 e. The molecule has 9 heteroatoms. The van der Waals surface area contributed by atoms with Crippen molar-refractivity contribution in [2.24, 2.45) is 0 Å². The van der Waals surface area contributed by atoms with E-state index in [9.17, 15) is 0 Å². The molecule has 32 heavy (non-hydrogen) atoms. The molecule has 160 valence electrons. The van der Waals surface area contributed by atoms with Crippen LogP contribution in [0.5, 0.6) is 5.75 Å². The Balaban J connectivity index is 1.71. The van der Waals surface area contributed by atoms with Gasteiger partial charge in [-0.1, -0.05) is 59.6 Å². The Morgan fingerprint density at radius 3 is 2.53 bits per heavy atom. The number of nitrogens with one attached hydrogen (secondary N) is 1. The number of nitrogens with two attached hydrogens (primary N) is 1. The number of nitrogen functional groups attached to an aromatic ring is 1. The van der Waals surface area contributed by atoms with Crippen molar-refractivity contribution in [2.75, 3.05) is 18.2 Å². The van der Waals surface area contributed by atoms with Gasteiger partial charge in [-0.05, 0) is 29.8 Å². The van der Waals surface area contributed by atoms with Crippen molar-refractivity contribution in [3.63, 3.8) is 0 Å². The number of benzene rings is 3. The summed E-state index contributed by atoms with van der Waals surface area (Å²) < 4.78 is 7.21. The van der Waals surface area contributed by atoms with Crippen molar-refractivity contribution < 1.29 is 4.74 Å². The zero-order valence-corrected chi connectivity index (χ0v) is 18.5. The van der Waals surface area contributed by atoms with Crippen LogP contribution in [0, 0.1) is 0 Å². The van der Waals surface area contributed by atoms with Gasteiger partial charge in [-0.2, -0.15) is 4.98 Å². The van der Waals surface area contributed by atoms with Gasteiger partial charge in [0.2, 0.25) is 11.9 Å². The van der Waals surface area contributed by atoms with Crippen LogP contribution in [-0.2, 0) is 6.54 Å². The summed E-state index contributed by atoms with van der Waals surface area (Å²) in [5, 5.41) is 5.03. The van der Waals surface area contributed by atoms with Gasteiger partial charge in [0.15, 0.2) is 0 Å². The first-order chi connectivity index (χ1) is 15.5. The summed E-state index contributed by atoms with van der Waals surface area (Å²) in [5.74, 6) is 1.84. The van der Waals surface area contributed by atoms with Gasteiger partial charge in [0.1, 0.15) is 17.1 Å². The molecule has 0 aliphatic heterocycles. The fourth-order valence-electron chi connectivity index (χ4n) is 3.60. The van der Waals surface area contributed by atoms with Crippen LogP contribution >= 0.6 is 23.2 Å². The average Bonchev–Trinajstić information content (AvgIpc) is 3.12. The van der Waals surface area contributed by atoms with E-state index in [1.54, 1.807) is 23.8 Å². The van der Waals surface area contributed by atoms with Crippen LogP contribution in [0.25, 0.3) is 27.9 Å². The topological polar surface area (TPSA) is 90.9 Å². The Morgan fingerprint density at radius 1 is 0.969 bits per heavy atom. The lowest BCUT2D eigenvalue weighted by atomic mass is 10.2. The van der Waals surface area contributed by atoms with Crippen LogP contribution in [-0.4, -0.2) is 26.6 Å². The van der Waals surface area contributed by atoms with Gasteiger partial charge in [-0.25, -0.2) is 14.5 Å². The van der Waals surface area contributed by atoms with Crippen LogP contribution in [0.3, 0.4) is 0 Å². The molecule has 2 heterocycles. The van der Waals surface area contributed by atoms with Crippen LogP contribution < -0.4 is 15.8 Å². The first-order valence-electron chi connectivity index (χ1n) is 9.81. The monoisotopic (exact) mass is 464 g/mol. The van der Waals surface area contributed by atoms with Crippen molar-refractivity contribution in [2.45, 2.75) is 6.54 Å². The number of nitrogens with zero attached hydrogens (tertiary/aromatic N) is 4. The predicted octanol–water partition coefficient (Wildman–Crippen LogP) is 5.48. The van der Waals surface area contributed by atoms with E-state index in [0.29, 0.717) is 50.7 Å². The first-order valence-corrected chi connectivity index (χ1v) is 10.6. The lowest BCUT2D eigenvalue weighted by Gasteiger charge is -2.14. The van der Waals surface area contributed by atoms with Gasteiger partial charge < -0.3 is 15.8 Å². The highest BCUT2D eigenvalue weighted by Gasteiger charge is 2.18. The summed E-state index contributed by atoms with van der Waals surface area (Å²) in [5.41, 5.74) is 9.27. The number of rotatable bonds is 5. The highest BCUT2D eigenvalue weighted by atomic mass is 35.5. The standard InChI is InChI=1S/C23H18Cl2N6O/c1-32-19-9-5-8-14-20(19)29-23(30-21(14)27-12-13-6-3-2-4-7-13)31-18-11-16(25)15(24)10-17(18)28-22(31)26/h2-11H,12H2,1H3,(H2,26,28)(H,27,29,30). The van der Waals surface area contributed by atoms with Crippen molar-refractivity contribution in [1.82, 2.24) is 19.5 Å². The van der Waals surface area contributed by atoms with Crippen LogP contribution in [0.1, 0.15) is 5.56 Å². The normalized spacial score (nSPS) is 11.2. The molecule has 0 bridgehead atoms. The van der Waals surface area contributed by atoms with E-state index in [1.165, 1.54) is 0 Å². The molecule has 0 atom stereocenters. The minimum Gasteiger partial charge on any atom is -0.494 e. The third-order valence-corrected chi connectivity index (χ3v) is 5.85. The highest BCUT2D eigenvalue weighted by Crippen LogP contribution is 2.33. The number of hydrogen-bond donors (Lipinski definition) is 2. The van der Waals surface area contributed by atoms with Gasteiger partial charge in [-0.15, -0.1) is 0 Å². The number of fused-ring (bicyclic) bond motifs is 2. The maximum absolute atomic E-state index is 6.26. The Kier molecular flexibility index (Phi) is 5.20. The molecule has 0 spiro atoms. The molecular weight excluding hydrogens is 447 g/mol. The first kappa shape index (κ1) is 20.4. The van der Waals surface area contributed by atoms with Gasteiger partial charge in [0, 0.05) is 11.9 Å².